The van der Waals surface area contributed by atoms with Crippen LogP contribution >= 0.6 is 0 Å². The Hall–Kier alpha value is -1.98. The molecule has 0 saturated carbocycles. The molecule has 0 bridgehead atoms. The number of nitrogens with one attached hydrogen (secondary N) is 1. The highest BCUT2D eigenvalue weighted by Crippen LogP contribution is 2.01. The summed E-state index contributed by atoms with van der Waals surface area (Å²) >= 11 is 0. The van der Waals surface area contributed by atoms with E-state index in [4.69, 9.17) is 5.73 Å². The van der Waals surface area contributed by atoms with Gasteiger partial charge in [0, 0.05) is 0 Å². The summed E-state index contributed by atoms with van der Waals surface area (Å²) in [7, 11) is 0. The van der Waals surface area contributed by atoms with E-state index < -0.39 is 0 Å². The predicted molar refractivity (Wildman–Crippen MR) is 58.5 cm³/mol. The van der Waals surface area contributed by atoms with Crippen molar-refractivity contribution in [3.8, 4) is 0 Å². The van der Waals surface area contributed by atoms with Gasteiger partial charge in [0.1, 0.15) is 0 Å². The van der Waals surface area contributed by atoms with E-state index >= 15 is 0 Å². The molecule has 0 amide bonds. The van der Waals surface area contributed by atoms with Crippen molar-refractivity contribution in [1.82, 2.24) is 19.9 Å². The molecule has 80 valence electrons. The smallest absolute Gasteiger partial charge is 0.280 e. The molecule has 6 nitrogen and oxygen atoms in total. The summed E-state index contributed by atoms with van der Waals surface area (Å²) in [6.07, 6.45) is 1.54. The monoisotopic (exact) mass is 207 g/mol. The molecule has 2 heterocycles. The Morgan fingerprint density at radius 1 is 1.33 bits per heavy atom. The highest BCUT2D eigenvalue weighted by Gasteiger charge is 2.03. The third kappa shape index (κ3) is 2.28. The van der Waals surface area contributed by atoms with E-state index in [-0.39, 0.29) is 22.7 Å². The topological polar surface area (TPSA) is 97.5 Å². The van der Waals surface area contributed by atoms with Crippen LogP contribution in [-0.4, -0.2) is 19.9 Å². The van der Waals surface area contributed by atoms with Crippen LogP contribution < -0.4 is 11.3 Å². The Balaban J connectivity index is 0.000000531. The minimum absolute atomic E-state index is 0.0515. The molecule has 2 rings (SSSR count). The van der Waals surface area contributed by atoms with Gasteiger partial charge in [-0.25, -0.2) is 9.97 Å². The molecule has 0 saturated heterocycles. The fourth-order valence-corrected chi connectivity index (χ4v) is 1.02. The zero-order valence-corrected chi connectivity index (χ0v) is 8.90. The molecular formula is C9H13N5O. The normalized spacial score (nSPS) is 9.53. The van der Waals surface area contributed by atoms with Gasteiger partial charge in [-0.15, -0.1) is 0 Å². The number of H-pyrrole nitrogens is 1. The molecule has 0 radical (unpaired) electrons. The number of nitrogens with two attached hydrogens (primary N) is 1. The molecular weight excluding hydrogens is 194 g/mol. The second kappa shape index (κ2) is 4.50. The van der Waals surface area contributed by atoms with Gasteiger partial charge in [0.2, 0.25) is 5.95 Å². The van der Waals surface area contributed by atoms with E-state index in [0.29, 0.717) is 5.69 Å². The van der Waals surface area contributed by atoms with Gasteiger partial charge in [0.15, 0.2) is 11.2 Å². The number of anilines is 1. The van der Waals surface area contributed by atoms with Crippen LogP contribution in [0.5, 0.6) is 0 Å². The largest absolute Gasteiger partial charge is 0.369 e. The Kier molecular flexibility index (Phi) is 3.33. The lowest BCUT2D eigenvalue weighted by molar-refractivity contribution is 1.09. The standard InChI is InChI=1S/C7H7N5O.C2H6/c1-3-2-9-5-4(10-3)6(13)12-7(8)11-5;1-2/h2H,1H3,(H3,8,9,11,12,13);1-2H3. The van der Waals surface area contributed by atoms with Gasteiger partial charge in [-0.05, 0) is 6.92 Å². The maximum Gasteiger partial charge on any atom is 0.280 e. The third-order valence-corrected chi connectivity index (χ3v) is 1.56. The average molecular weight is 207 g/mol. The van der Waals surface area contributed by atoms with Crippen molar-refractivity contribution in [2.75, 3.05) is 5.73 Å². The van der Waals surface area contributed by atoms with Crippen LogP contribution in [0.2, 0.25) is 0 Å². The van der Waals surface area contributed by atoms with Crippen LogP contribution in [0.3, 0.4) is 0 Å². The van der Waals surface area contributed by atoms with Gasteiger partial charge in [-0.1, -0.05) is 13.8 Å². The van der Waals surface area contributed by atoms with Gasteiger partial charge in [-0.2, -0.15) is 4.98 Å². The van der Waals surface area contributed by atoms with Crippen LogP contribution in [0.25, 0.3) is 11.2 Å². The van der Waals surface area contributed by atoms with E-state index in [1.165, 1.54) is 6.20 Å². The first-order valence-corrected chi connectivity index (χ1v) is 4.66. The Bertz CT molecular complexity index is 519. The first-order valence-electron chi connectivity index (χ1n) is 4.66. The molecule has 0 aliphatic rings. The summed E-state index contributed by atoms with van der Waals surface area (Å²) < 4.78 is 0. The van der Waals surface area contributed by atoms with Crippen molar-refractivity contribution in [3.63, 3.8) is 0 Å². The van der Waals surface area contributed by atoms with Crippen molar-refractivity contribution in [1.29, 1.82) is 0 Å². The summed E-state index contributed by atoms with van der Waals surface area (Å²) in [4.78, 5) is 25.4. The number of rotatable bonds is 0. The minimum Gasteiger partial charge on any atom is -0.369 e. The summed E-state index contributed by atoms with van der Waals surface area (Å²) in [6, 6.07) is 0. The number of aryl methyl sites for hydroxylation is 1. The third-order valence-electron chi connectivity index (χ3n) is 1.56. The highest BCUT2D eigenvalue weighted by atomic mass is 16.1. The lowest BCUT2D eigenvalue weighted by Crippen LogP contribution is -2.13. The maximum atomic E-state index is 11.3. The van der Waals surface area contributed by atoms with E-state index in [1.807, 2.05) is 13.8 Å². The van der Waals surface area contributed by atoms with Crippen molar-refractivity contribution in [2.45, 2.75) is 20.8 Å². The summed E-state index contributed by atoms with van der Waals surface area (Å²) in [5, 5.41) is 0. The number of aromatic nitrogens is 4. The average Bonchev–Trinajstić information content (AvgIpc) is 2.22. The van der Waals surface area contributed by atoms with Crippen LogP contribution in [0.1, 0.15) is 19.5 Å². The number of hydrogen-bond acceptors (Lipinski definition) is 5. The molecule has 0 unspecified atom stereocenters. The van der Waals surface area contributed by atoms with Gasteiger partial charge in [0.25, 0.3) is 5.56 Å². The number of aromatic amines is 1. The fraction of sp³-hybridized carbons (Fsp3) is 0.333. The second-order valence-electron chi connectivity index (χ2n) is 2.63. The summed E-state index contributed by atoms with van der Waals surface area (Å²) in [6.45, 7) is 5.75. The number of nitrogen functional groups attached to an aromatic ring is 1. The Labute approximate surface area is 86.6 Å². The molecule has 0 aliphatic heterocycles. The first kappa shape index (κ1) is 11.1. The quantitative estimate of drug-likeness (QED) is 0.660. The predicted octanol–water partition coefficient (Wildman–Crippen LogP) is 0.630. The lowest BCUT2D eigenvalue weighted by atomic mass is 10.4. The van der Waals surface area contributed by atoms with Crippen molar-refractivity contribution in [3.05, 3.63) is 22.2 Å². The Morgan fingerprint density at radius 3 is 2.67 bits per heavy atom. The fourth-order valence-electron chi connectivity index (χ4n) is 1.02. The van der Waals surface area contributed by atoms with Crippen LogP contribution in [0, 0.1) is 6.92 Å². The van der Waals surface area contributed by atoms with E-state index in [0.717, 1.165) is 0 Å². The van der Waals surface area contributed by atoms with Gasteiger partial charge >= 0.3 is 0 Å². The highest BCUT2D eigenvalue weighted by molar-refractivity contribution is 5.68. The SMILES string of the molecule is CC.Cc1cnc2nc(N)[nH]c(=O)c2n1. The Morgan fingerprint density at radius 2 is 2.00 bits per heavy atom. The molecule has 15 heavy (non-hydrogen) atoms. The molecule has 2 aromatic heterocycles. The van der Waals surface area contributed by atoms with Gasteiger partial charge in [-0.3, -0.25) is 9.78 Å². The zero-order valence-electron chi connectivity index (χ0n) is 8.90. The molecule has 0 aromatic carbocycles. The molecule has 6 heteroatoms. The van der Waals surface area contributed by atoms with Gasteiger partial charge < -0.3 is 5.73 Å². The minimum atomic E-state index is -0.362. The summed E-state index contributed by atoms with van der Waals surface area (Å²) in [5.74, 6) is 0.0515. The second-order valence-corrected chi connectivity index (χ2v) is 2.63. The molecule has 3 N–H and O–H groups in total. The van der Waals surface area contributed by atoms with Crippen LogP contribution in [-0.2, 0) is 0 Å². The number of nitrogens with zero attached hydrogens (tertiary/aromatic N) is 3. The van der Waals surface area contributed by atoms with Crippen molar-refractivity contribution >= 4 is 17.1 Å². The molecule has 0 aliphatic carbocycles. The van der Waals surface area contributed by atoms with Crippen LogP contribution in [0.4, 0.5) is 5.95 Å². The summed E-state index contributed by atoms with van der Waals surface area (Å²) in [5.41, 5.74) is 6.12. The van der Waals surface area contributed by atoms with Crippen molar-refractivity contribution < 1.29 is 0 Å². The molecule has 0 atom stereocenters. The lowest BCUT2D eigenvalue weighted by Gasteiger charge is -1.96. The van der Waals surface area contributed by atoms with Gasteiger partial charge in [0.05, 0.1) is 11.9 Å². The van der Waals surface area contributed by atoms with E-state index in [2.05, 4.69) is 19.9 Å². The number of hydrogen-bond donors (Lipinski definition) is 2. The molecule has 2 aromatic rings. The van der Waals surface area contributed by atoms with E-state index in [1.54, 1.807) is 6.92 Å². The maximum absolute atomic E-state index is 11.3. The van der Waals surface area contributed by atoms with Crippen LogP contribution in [0.15, 0.2) is 11.0 Å². The van der Waals surface area contributed by atoms with Crippen molar-refractivity contribution in [2.24, 2.45) is 0 Å². The molecule has 0 fully saturated rings. The zero-order chi connectivity index (χ0) is 11.4. The van der Waals surface area contributed by atoms with E-state index in [9.17, 15) is 4.79 Å². The number of fused-ring (bicyclic) bond motifs is 1. The molecule has 0 spiro atoms. The first-order chi connectivity index (χ1) is 7.16.